The number of nitrogens with one attached hydrogen (secondary N) is 2. The Labute approximate surface area is 135 Å². The van der Waals surface area contributed by atoms with Gasteiger partial charge >= 0.3 is 0 Å². The number of nitrogens with two attached hydrogens (primary N) is 1. The number of benzene rings is 1. The van der Waals surface area contributed by atoms with Crippen LogP contribution < -0.4 is 16.4 Å². The van der Waals surface area contributed by atoms with E-state index in [4.69, 9.17) is 5.73 Å². The molecule has 1 aliphatic rings. The van der Waals surface area contributed by atoms with E-state index in [-0.39, 0.29) is 36.1 Å². The molecule has 1 aromatic carbocycles. The summed E-state index contributed by atoms with van der Waals surface area (Å²) in [4.78, 5) is 23.0. The lowest BCUT2D eigenvalue weighted by atomic mass is 9.69. The zero-order chi connectivity index (χ0) is 16.7. The zero-order valence-electron chi connectivity index (χ0n) is 13.2. The van der Waals surface area contributed by atoms with Crippen molar-refractivity contribution in [2.24, 2.45) is 5.73 Å². The first-order valence-corrected chi connectivity index (χ1v) is 8.05. The summed E-state index contributed by atoms with van der Waals surface area (Å²) in [7, 11) is 0. The zero-order valence-corrected chi connectivity index (χ0v) is 13.2. The van der Waals surface area contributed by atoms with Crippen LogP contribution in [-0.4, -0.2) is 31.4 Å². The van der Waals surface area contributed by atoms with Crippen LogP contribution in [0, 0.1) is 5.82 Å². The van der Waals surface area contributed by atoms with Crippen LogP contribution in [0.2, 0.25) is 0 Å². The van der Waals surface area contributed by atoms with Gasteiger partial charge < -0.3 is 16.4 Å². The van der Waals surface area contributed by atoms with Gasteiger partial charge in [-0.1, -0.05) is 31.4 Å². The van der Waals surface area contributed by atoms with Gasteiger partial charge in [0, 0.05) is 12.0 Å². The summed E-state index contributed by atoms with van der Waals surface area (Å²) in [6.45, 7) is 0.226. The second-order valence-electron chi connectivity index (χ2n) is 6.11. The normalized spacial score (nSPS) is 16.6. The molecule has 0 heterocycles. The number of hydrogen-bond donors (Lipinski definition) is 3. The van der Waals surface area contributed by atoms with Gasteiger partial charge in [-0.05, 0) is 30.5 Å². The summed E-state index contributed by atoms with van der Waals surface area (Å²) in [5, 5.41) is 5.32. The topological polar surface area (TPSA) is 84.2 Å². The van der Waals surface area contributed by atoms with Gasteiger partial charge in [0.15, 0.2) is 0 Å². The number of halogens is 1. The third kappa shape index (κ3) is 4.76. The van der Waals surface area contributed by atoms with Gasteiger partial charge in [0.25, 0.3) is 0 Å². The Kier molecular flexibility index (Phi) is 6.10. The quantitative estimate of drug-likeness (QED) is 0.736. The van der Waals surface area contributed by atoms with Crippen LogP contribution in [0.3, 0.4) is 0 Å². The van der Waals surface area contributed by atoms with E-state index in [0.29, 0.717) is 6.54 Å². The van der Waals surface area contributed by atoms with Crippen molar-refractivity contribution in [2.75, 3.05) is 19.6 Å². The Balaban J connectivity index is 2.02. The maximum Gasteiger partial charge on any atom is 0.239 e. The minimum Gasteiger partial charge on any atom is -0.354 e. The number of carbonyl (C=O) groups excluding carboxylic acids is 2. The van der Waals surface area contributed by atoms with Gasteiger partial charge in [-0.15, -0.1) is 0 Å². The molecule has 1 aliphatic carbocycles. The molecule has 0 radical (unpaired) electrons. The van der Waals surface area contributed by atoms with Crippen LogP contribution in [0.25, 0.3) is 0 Å². The molecule has 6 heteroatoms. The lowest BCUT2D eigenvalue weighted by Crippen LogP contribution is -2.46. The minimum absolute atomic E-state index is 0.0880. The Morgan fingerprint density at radius 2 is 1.87 bits per heavy atom. The lowest BCUT2D eigenvalue weighted by Gasteiger charge is -2.38. The molecule has 2 amide bonds. The molecule has 5 nitrogen and oxygen atoms in total. The predicted molar refractivity (Wildman–Crippen MR) is 86.2 cm³/mol. The molecule has 0 unspecified atom stereocenters. The van der Waals surface area contributed by atoms with Crippen molar-refractivity contribution in [3.05, 3.63) is 35.6 Å². The molecule has 1 aromatic rings. The molecule has 0 saturated heterocycles. The molecule has 0 bridgehead atoms. The van der Waals surface area contributed by atoms with E-state index >= 15 is 0 Å². The van der Waals surface area contributed by atoms with E-state index in [0.717, 1.165) is 37.7 Å². The monoisotopic (exact) mass is 321 g/mol. The first-order valence-electron chi connectivity index (χ1n) is 8.05. The van der Waals surface area contributed by atoms with Gasteiger partial charge in [0.1, 0.15) is 5.82 Å². The highest BCUT2D eigenvalue weighted by atomic mass is 19.1. The van der Waals surface area contributed by atoms with Crippen molar-refractivity contribution in [1.82, 2.24) is 10.6 Å². The SMILES string of the molecule is NCC(=O)NCC(=O)NCC1(c2cccc(F)c2)CCCCC1. The van der Waals surface area contributed by atoms with E-state index in [9.17, 15) is 14.0 Å². The highest BCUT2D eigenvalue weighted by Gasteiger charge is 2.34. The molecule has 0 aliphatic heterocycles. The summed E-state index contributed by atoms with van der Waals surface area (Å²) in [5.74, 6) is -0.875. The Morgan fingerprint density at radius 3 is 2.52 bits per heavy atom. The van der Waals surface area contributed by atoms with E-state index in [1.54, 1.807) is 12.1 Å². The first kappa shape index (κ1) is 17.4. The smallest absolute Gasteiger partial charge is 0.239 e. The van der Waals surface area contributed by atoms with Crippen molar-refractivity contribution in [3.63, 3.8) is 0 Å². The molecule has 0 aromatic heterocycles. The summed E-state index contributed by atoms with van der Waals surface area (Å²) in [6, 6.07) is 6.63. The van der Waals surface area contributed by atoms with Crippen LogP contribution in [0.1, 0.15) is 37.7 Å². The van der Waals surface area contributed by atoms with E-state index in [1.165, 1.54) is 6.07 Å². The molecule has 2 rings (SSSR count). The fraction of sp³-hybridized carbons (Fsp3) is 0.529. The Hall–Kier alpha value is -1.95. The first-order chi connectivity index (χ1) is 11.1. The molecule has 4 N–H and O–H groups in total. The third-order valence-electron chi connectivity index (χ3n) is 4.50. The number of hydrogen-bond acceptors (Lipinski definition) is 3. The van der Waals surface area contributed by atoms with Crippen molar-refractivity contribution >= 4 is 11.8 Å². The highest BCUT2D eigenvalue weighted by Crippen LogP contribution is 2.39. The number of amides is 2. The van der Waals surface area contributed by atoms with E-state index in [1.807, 2.05) is 6.07 Å². The van der Waals surface area contributed by atoms with Crippen molar-refractivity contribution in [3.8, 4) is 0 Å². The van der Waals surface area contributed by atoms with E-state index in [2.05, 4.69) is 10.6 Å². The maximum absolute atomic E-state index is 13.6. The second-order valence-corrected chi connectivity index (χ2v) is 6.11. The van der Waals surface area contributed by atoms with Crippen molar-refractivity contribution in [2.45, 2.75) is 37.5 Å². The molecule has 0 spiro atoms. The standard InChI is InChI=1S/C17H24FN3O2/c18-14-6-4-5-13(9-14)17(7-2-1-3-8-17)12-21-16(23)11-20-15(22)10-19/h4-6,9H,1-3,7-8,10-12,19H2,(H,20,22)(H,21,23). The molecular formula is C17H24FN3O2. The molecule has 1 fully saturated rings. The third-order valence-corrected chi connectivity index (χ3v) is 4.50. The fourth-order valence-corrected chi connectivity index (χ4v) is 3.20. The van der Waals surface area contributed by atoms with Gasteiger partial charge in [-0.2, -0.15) is 0 Å². The average molecular weight is 321 g/mol. The predicted octanol–water partition coefficient (Wildman–Crippen LogP) is 1.22. The summed E-state index contributed by atoms with van der Waals surface area (Å²) in [5.41, 5.74) is 5.89. The molecule has 1 saturated carbocycles. The van der Waals surface area contributed by atoms with Crippen molar-refractivity contribution < 1.29 is 14.0 Å². The van der Waals surface area contributed by atoms with Crippen LogP contribution in [-0.2, 0) is 15.0 Å². The van der Waals surface area contributed by atoms with E-state index < -0.39 is 0 Å². The molecular weight excluding hydrogens is 297 g/mol. The Bertz CT molecular complexity index is 557. The minimum atomic E-state index is -0.363. The van der Waals surface area contributed by atoms with Gasteiger partial charge in [0.2, 0.25) is 11.8 Å². The summed E-state index contributed by atoms with van der Waals surface area (Å²) < 4.78 is 13.6. The average Bonchev–Trinajstić information content (AvgIpc) is 2.58. The van der Waals surface area contributed by atoms with Gasteiger partial charge in [-0.25, -0.2) is 4.39 Å². The summed E-state index contributed by atoms with van der Waals surface area (Å²) >= 11 is 0. The fourth-order valence-electron chi connectivity index (χ4n) is 3.20. The van der Waals surface area contributed by atoms with Crippen LogP contribution in [0.5, 0.6) is 0 Å². The second kappa shape index (κ2) is 8.06. The molecule has 126 valence electrons. The largest absolute Gasteiger partial charge is 0.354 e. The van der Waals surface area contributed by atoms with Crippen molar-refractivity contribution in [1.29, 1.82) is 0 Å². The van der Waals surface area contributed by atoms with Crippen LogP contribution in [0.15, 0.2) is 24.3 Å². The number of carbonyl (C=O) groups is 2. The lowest BCUT2D eigenvalue weighted by molar-refractivity contribution is -0.125. The molecule has 0 atom stereocenters. The maximum atomic E-state index is 13.6. The van der Waals surface area contributed by atoms with Crippen LogP contribution >= 0.6 is 0 Å². The van der Waals surface area contributed by atoms with Gasteiger partial charge in [0.05, 0.1) is 13.1 Å². The Morgan fingerprint density at radius 1 is 1.13 bits per heavy atom. The highest BCUT2D eigenvalue weighted by molar-refractivity contribution is 5.85. The van der Waals surface area contributed by atoms with Crippen LogP contribution in [0.4, 0.5) is 4.39 Å². The molecule has 23 heavy (non-hydrogen) atoms. The number of rotatable bonds is 6. The summed E-state index contributed by atoms with van der Waals surface area (Å²) in [6.07, 6.45) is 5.14. The van der Waals surface area contributed by atoms with Gasteiger partial charge in [-0.3, -0.25) is 9.59 Å².